The molecule has 0 radical (unpaired) electrons. The van der Waals surface area contributed by atoms with Crippen molar-refractivity contribution in [3.63, 3.8) is 0 Å². The van der Waals surface area contributed by atoms with Gasteiger partial charge in [-0.2, -0.15) is 0 Å². The molecule has 1 aromatic carbocycles. The summed E-state index contributed by atoms with van der Waals surface area (Å²) < 4.78 is 6.20. The van der Waals surface area contributed by atoms with Crippen molar-refractivity contribution in [2.45, 2.75) is 58.1 Å². The molecule has 0 heterocycles. The van der Waals surface area contributed by atoms with Crippen LogP contribution in [0, 0.1) is 5.92 Å². The van der Waals surface area contributed by atoms with Gasteiger partial charge in [-0.1, -0.05) is 38.0 Å². The highest BCUT2D eigenvalue weighted by Crippen LogP contribution is 2.31. The zero-order valence-electron chi connectivity index (χ0n) is 11.6. The Kier molecular flexibility index (Phi) is 4.65. The fraction of sp³-hybridized carbons (Fsp3) is 0.625. The molecule has 1 saturated carbocycles. The molecular formula is C16H25NO. The fourth-order valence-electron chi connectivity index (χ4n) is 2.86. The van der Waals surface area contributed by atoms with Gasteiger partial charge in [-0.25, -0.2) is 0 Å². The van der Waals surface area contributed by atoms with Crippen LogP contribution in [0.15, 0.2) is 24.3 Å². The van der Waals surface area contributed by atoms with Crippen LogP contribution in [-0.2, 0) is 0 Å². The molecule has 0 saturated heterocycles. The first-order valence-electron chi connectivity index (χ1n) is 7.21. The van der Waals surface area contributed by atoms with Gasteiger partial charge >= 0.3 is 0 Å². The Bertz CT molecular complexity index is 375. The summed E-state index contributed by atoms with van der Waals surface area (Å²) in [5.74, 6) is 1.82. The molecule has 1 aromatic rings. The van der Waals surface area contributed by atoms with Gasteiger partial charge in [-0.15, -0.1) is 0 Å². The van der Waals surface area contributed by atoms with Crippen LogP contribution in [0.1, 0.15) is 57.6 Å². The SMILES string of the molecule is CCC1CCCC(Oc2ccccc2[C@H](C)N)C1. The van der Waals surface area contributed by atoms with Crippen LogP contribution in [0.2, 0.25) is 0 Å². The molecule has 2 rings (SSSR count). The number of para-hydroxylation sites is 1. The van der Waals surface area contributed by atoms with Crippen LogP contribution in [0.25, 0.3) is 0 Å². The van der Waals surface area contributed by atoms with E-state index in [1.807, 2.05) is 25.1 Å². The molecule has 2 nitrogen and oxygen atoms in total. The Hall–Kier alpha value is -1.02. The van der Waals surface area contributed by atoms with E-state index in [1.165, 1.54) is 32.1 Å². The van der Waals surface area contributed by atoms with Gasteiger partial charge in [-0.3, -0.25) is 0 Å². The van der Waals surface area contributed by atoms with Crippen LogP contribution >= 0.6 is 0 Å². The molecule has 0 aromatic heterocycles. The lowest BCUT2D eigenvalue weighted by molar-refractivity contribution is 0.120. The predicted octanol–water partition coefficient (Wildman–Crippen LogP) is 4.05. The molecule has 1 aliphatic carbocycles. The van der Waals surface area contributed by atoms with E-state index in [2.05, 4.69) is 13.0 Å². The molecule has 1 aliphatic rings. The molecule has 0 aliphatic heterocycles. The molecule has 0 amide bonds. The van der Waals surface area contributed by atoms with E-state index < -0.39 is 0 Å². The minimum atomic E-state index is 0.0340. The van der Waals surface area contributed by atoms with Crippen molar-refractivity contribution >= 4 is 0 Å². The van der Waals surface area contributed by atoms with E-state index >= 15 is 0 Å². The number of nitrogens with two attached hydrogens (primary N) is 1. The van der Waals surface area contributed by atoms with Crippen molar-refractivity contribution < 1.29 is 4.74 Å². The molecule has 0 spiro atoms. The molecule has 100 valence electrons. The Balaban J connectivity index is 2.04. The van der Waals surface area contributed by atoms with Crippen LogP contribution in [0.4, 0.5) is 0 Å². The highest BCUT2D eigenvalue weighted by atomic mass is 16.5. The summed E-state index contributed by atoms with van der Waals surface area (Å²) in [5, 5.41) is 0. The third kappa shape index (κ3) is 3.26. The van der Waals surface area contributed by atoms with E-state index in [9.17, 15) is 0 Å². The first kappa shape index (κ1) is 13.4. The standard InChI is InChI=1S/C16H25NO/c1-3-13-7-6-8-14(11-13)18-16-10-5-4-9-15(16)12(2)17/h4-5,9-10,12-14H,3,6-8,11,17H2,1-2H3/t12-,13?,14?/m0/s1. The van der Waals surface area contributed by atoms with Crippen LogP contribution < -0.4 is 10.5 Å². The molecule has 3 atom stereocenters. The second-order valence-electron chi connectivity index (χ2n) is 5.51. The van der Waals surface area contributed by atoms with Crippen molar-refractivity contribution in [3.05, 3.63) is 29.8 Å². The summed E-state index contributed by atoms with van der Waals surface area (Å²) in [5.41, 5.74) is 7.11. The van der Waals surface area contributed by atoms with E-state index in [0.29, 0.717) is 6.10 Å². The zero-order chi connectivity index (χ0) is 13.0. The number of hydrogen-bond acceptors (Lipinski definition) is 2. The summed E-state index contributed by atoms with van der Waals surface area (Å²) >= 11 is 0. The van der Waals surface area contributed by atoms with Gasteiger partial charge in [0.15, 0.2) is 0 Å². The number of benzene rings is 1. The summed E-state index contributed by atoms with van der Waals surface area (Å²) in [6.07, 6.45) is 6.69. The highest BCUT2D eigenvalue weighted by Gasteiger charge is 2.23. The quantitative estimate of drug-likeness (QED) is 0.871. The van der Waals surface area contributed by atoms with Crippen molar-refractivity contribution in [1.82, 2.24) is 0 Å². The lowest BCUT2D eigenvalue weighted by Gasteiger charge is -2.30. The third-order valence-electron chi connectivity index (χ3n) is 4.02. The first-order chi connectivity index (χ1) is 8.70. The lowest BCUT2D eigenvalue weighted by atomic mass is 9.85. The summed E-state index contributed by atoms with van der Waals surface area (Å²) in [6, 6.07) is 8.21. The zero-order valence-corrected chi connectivity index (χ0v) is 11.6. The van der Waals surface area contributed by atoms with Gasteiger partial charge < -0.3 is 10.5 Å². The average Bonchev–Trinajstić information content (AvgIpc) is 2.39. The van der Waals surface area contributed by atoms with Gasteiger partial charge in [0.1, 0.15) is 5.75 Å². The van der Waals surface area contributed by atoms with Crippen LogP contribution in [0.5, 0.6) is 5.75 Å². The van der Waals surface area contributed by atoms with E-state index in [4.69, 9.17) is 10.5 Å². The van der Waals surface area contributed by atoms with Gasteiger partial charge in [-0.05, 0) is 38.2 Å². The first-order valence-corrected chi connectivity index (χ1v) is 7.21. The van der Waals surface area contributed by atoms with Gasteiger partial charge in [0, 0.05) is 11.6 Å². The topological polar surface area (TPSA) is 35.2 Å². The Morgan fingerprint density at radius 1 is 1.33 bits per heavy atom. The maximum Gasteiger partial charge on any atom is 0.124 e. The lowest BCUT2D eigenvalue weighted by Crippen LogP contribution is -2.25. The van der Waals surface area contributed by atoms with E-state index in [-0.39, 0.29) is 6.04 Å². The van der Waals surface area contributed by atoms with Crippen molar-refractivity contribution in [2.75, 3.05) is 0 Å². The van der Waals surface area contributed by atoms with Crippen molar-refractivity contribution in [1.29, 1.82) is 0 Å². The number of rotatable bonds is 4. The molecule has 2 N–H and O–H groups in total. The largest absolute Gasteiger partial charge is 0.490 e. The Labute approximate surface area is 111 Å². The van der Waals surface area contributed by atoms with E-state index in [1.54, 1.807) is 0 Å². The van der Waals surface area contributed by atoms with Crippen LogP contribution in [-0.4, -0.2) is 6.10 Å². The van der Waals surface area contributed by atoms with Crippen LogP contribution in [0.3, 0.4) is 0 Å². The molecule has 18 heavy (non-hydrogen) atoms. The molecular weight excluding hydrogens is 222 g/mol. The second-order valence-corrected chi connectivity index (χ2v) is 5.51. The Morgan fingerprint density at radius 2 is 2.11 bits per heavy atom. The molecule has 2 heteroatoms. The summed E-state index contributed by atoms with van der Waals surface area (Å²) in [7, 11) is 0. The average molecular weight is 247 g/mol. The van der Waals surface area contributed by atoms with Gasteiger partial charge in [0.25, 0.3) is 0 Å². The normalized spacial score (nSPS) is 25.7. The number of ether oxygens (including phenoxy) is 1. The van der Waals surface area contributed by atoms with Gasteiger partial charge in [0.05, 0.1) is 6.10 Å². The van der Waals surface area contributed by atoms with Crippen molar-refractivity contribution in [2.24, 2.45) is 11.7 Å². The van der Waals surface area contributed by atoms with Crippen molar-refractivity contribution in [3.8, 4) is 5.75 Å². The van der Waals surface area contributed by atoms with E-state index in [0.717, 1.165) is 17.2 Å². The third-order valence-corrected chi connectivity index (χ3v) is 4.02. The maximum atomic E-state index is 6.20. The number of hydrogen-bond donors (Lipinski definition) is 1. The predicted molar refractivity (Wildman–Crippen MR) is 75.7 cm³/mol. The summed E-state index contributed by atoms with van der Waals surface area (Å²) in [6.45, 7) is 4.29. The highest BCUT2D eigenvalue weighted by molar-refractivity contribution is 5.35. The molecule has 0 bridgehead atoms. The second kappa shape index (κ2) is 6.24. The maximum absolute atomic E-state index is 6.20. The summed E-state index contributed by atoms with van der Waals surface area (Å²) in [4.78, 5) is 0. The Morgan fingerprint density at radius 3 is 2.83 bits per heavy atom. The minimum absolute atomic E-state index is 0.0340. The smallest absolute Gasteiger partial charge is 0.124 e. The minimum Gasteiger partial charge on any atom is -0.490 e. The van der Waals surface area contributed by atoms with Gasteiger partial charge in [0.2, 0.25) is 0 Å². The monoisotopic (exact) mass is 247 g/mol. The fourth-order valence-corrected chi connectivity index (χ4v) is 2.86. The molecule has 2 unspecified atom stereocenters. The molecule has 1 fully saturated rings.